The second-order valence-corrected chi connectivity index (χ2v) is 6.03. The summed E-state index contributed by atoms with van der Waals surface area (Å²) < 4.78 is 5.21. The van der Waals surface area contributed by atoms with Crippen molar-refractivity contribution in [1.82, 2.24) is 10.1 Å². The molecule has 1 aromatic carbocycles. The third-order valence-corrected chi connectivity index (χ3v) is 4.38. The summed E-state index contributed by atoms with van der Waals surface area (Å²) in [6.45, 7) is 3.99. The molecule has 0 aliphatic heterocycles. The maximum Gasteiger partial charge on any atom is 0.256 e. The van der Waals surface area contributed by atoms with Crippen molar-refractivity contribution < 1.29 is 9.63 Å². The molecule has 5 heteroatoms. The minimum absolute atomic E-state index is 0.109. The standard InChI is InChI=1S/C16H16N2O2S/c1-10-5-7-12(8-6-10)11(2)14(19)16-17-15(18-20-16)13-4-3-9-21-13/h3-9,11,14,19H,1-2H3. The molecule has 0 saturated heterocycles. The van der Waals surface area contributed by atoms with Crippen LogP contribution in [0.4, 0.5) is 0 Å². The quantitative estimate of drug-likeness (QED) is 0.792. The molecule has 0 spiro atoms. The van der Waals surface area contributed by atoms with Crippen molar-refractivity contribution in [1.29, 1.82) is 0 Å². The molecule has 0 aliphatic carbocycles. The molecule has 108 valence electrons. The molecule has 2 aromatic heterocycles. The van der Waals surface area contributed by atoms with Crippen LogP contribution in [0.15, 0.2) is 46.3 Å². The van der Waals surface area contributed by atoms with Crippen LogP contribution in [0.2, 0.25) is 0 Å². The van der Waals surface area contributed by atoms with Gasteiger partial charge in [0, 0.05) is 5.92 Å². The molecule has 0 radical (unpaired) electrons. The lowest BCUT2D eigenvalue weighted by Gasteiger charge is -2.15. The van der Waals surface area contributed by atoms with Gasteiger partial charge in [-0.1, -0.05) is 48.0 Å². The van der Waals surface area contributed by atoms with E-state index in [1.807, 2.05) is 55.6 Å². The predicted octanol–water partition coefficient (Wildman–Crippen LogP) is 3.94. The lowest BCUT2D eigenvalue weighted by atomic mass is 9.94. The number of rotatable bonds is 4. The highest BCUT2D eigenvalue weighted by molar-refractivity contribution is 7.13. The molecule has 21 heavy (non-hydrogen) atoms. The van der Waals surface area contributed by atoms with Crippen LogP contribution in [-0.4, -0.2) is 15.2 Å². The minimum Gasteiger partial charge on any atom is -0.383 e. The molecule has 0 aliphatic rings. The maximum absolute atomic E-state index is 10.4. The Morgan fingerprint density at radius 2 is 1.95 bits per heavy atom. The van der Waals surface area contributed by atoms with E-state index in [1.54, 1.807) is 11.3 Å². The van der Waals surface area contributed by atoms with Crippen LogP contribution < -0.4 is 0 Å². The summed E-state index contributed by atoms with van der Waals surface area (Å²) in [5, 5.41) is 16.3. The van der Waals surface area contributed by atoms with Crippen LogP contribution in [0.1, 0.15) is 36.0 Å². The Morgan fingerprint density at radius 3 is 2.62 bits per heavy atom. The number of benzene rings is 1. The van der Waals surface area contributed by atoms with Gasteiger partial charge in [-0.3, -0.25) is 0 Å². The van der Waals surface area contributed by atoms with Crippen LogP contribution >= 0.6 is 11.3 Å². The van der Waals surface area contributed by atoms with E-state index in [0.29, 0.717) is 5.82 Å². The number of aliphatic hydroxyl groups is 1. The van der Waals surface area contributed by atoms with Crippen molar-refractivity contribution in [2.24, 2.45) is 0 Å². The summed E-state index contributed by atoms with van der Waals surface area (Å²) in [5.74, 6) is 0.670. The van der Waals surface area contributed by atoms with Gasteiger partial charge in [-0.2, -0.15) is 4.98 Å². The molecular weight excluding hydrogens is 284 g/mol. The van der Waals surface area contributed by atoms with E-state index in [9.17, 15) is 5.11 Å². The van der Waals surface area contributed by atoms with Crippen molar-refractivity contribution in [3.63, 3.8) is 0 Å². The summed E-state index contributed by atoms with van der Waals surface area (Å²) in [7, 11) is 0. The summed E-state index contributed by atoms with van der Waals surface area (Å²) in [6, 6.07) is 11.9. The molecule has 0 saturated carbocycles. The smallest absolute Gasteiger partial charge is 0.256 e. The predicted molar refractivity (Wildman–Crippen MR) is 82.2 cm³/mol. The number of nitrogens with zero attached hydrogens (tertiary/aromatic N) is 2. The van der Waals surface area contributed by atoms with E-state index >= 15 is 0 Å². The maximum atomic E-state index is 10.4. The third kappa shape index (κ3) is 2.89. The van der Waals surface area contributed by atoms with Gasteiger partial charge >= 0.3 is 0 Å². The van der Waals surface area contributed by atoms with Crippen LogP contribution in [0, 0.1) is 6.92 Å². The van der Waals surface area contributed by atoms with Crippen molar-refractivity contribution in [3.05, 3.63) is 58.8 Å². The molecule has 0 bridgehead atoms. The number of hydrogen-bond donors (Lipinski definition) is 1. The Hall–Kier alpha value is -1.98. The van der Waals surface area contributed by atoms with E-state index in [-0.39, 0.29) is 11.8 Å². The van der Waals surface area contributed by atoms with Crippen molar-refractivity contribution >= 4 is 11.3 Å². The molecule has 2 atom stereocenters. The molecule has 3 aromatic rings. The van der Waals surface area contributed by atoms with E-state index < -0.39 is 6.10 Å². The first-order chi connectivity index (χ1) is 10.1. The molecule has 2 unspecified atom stereocenters. The van der Waals surface area contributed by atoms with Crippen molar-refractivity contribution in [3.8, 4) is 10.7 Å². The first-order valence-corrected chi connectivity index (χ1v) is 7.65. The van der Waals surface area contributed by atoms with Crippen molar-refractivity contribution in [2.75, 3.05) is 0 Å². The second-order valence-electron chi connectivity index (χ2n) is 5.08. The second kappa shape index (κ2) is 5.79. The van der Waals surface area contributed by atoms with Gasteiger partial charge < -0.3 is 9.63 Å². The number of aromatic nitrogens is 2. The third-order valence-electron chi connectivity index (χ3n) is 3.51. The Balaban J connectivity index is 1.81. The molecule has 1 N–H and O–H groups in total. The molecule has 4 nitrogen and oxygen atoms in total. The number of aliphatic hydroxyl groups excluding tert-OH is 1. The number of thiophene rings is 1. The average Bonchev–Trinajstić information content (AvgIpc) is 3.17. The lowest BCUT2D eigenvalue weighted by molar-refractivity contribution is 0.111. The highest BCUT2D eigenvalue weighted by atomic mass is 32.1. The zero-order chi connectivity index (χ0) is 14.8. The van der Waals surface area contributed by atoms with Gasteiger partial charge in [0.15, 0.2) is 0 Å². The zero-order valence-corrected chi connectivity index (χ0v) is 12.7. The average molecular weight is 300 g/mol. The van der Waals surface area contributed by atoms with Crippen LogP contribution in [0.3, 0.4) is 0 Å². The van der Waals surface area contributed by atoms with E-state index in [4.69, 9.17) is 4.52 Å². The molecule has 3 rings (SSSR count). The highest BCUT2D eigenvalue weighted by Crippen LogP contribution is 2.31. The number of hydrogen-bond acceptors (Lipinski definition) is 5. The van der Waals surface area contributed by atoms with Crippen LogP contribution in [0.25, 0.3) is 10.7 Å². The summed E-state index contributed by atoms with van der Waals surface area (Å²) in [4.78, 5) is 5.23. The molecule has 0 fully saturated rings. The zero-order valence-electron chi connectivity index (χ0n) is 11.9. The summed E-state index contributed by atoms with van der Waals surface area (Å²) in [5.41, 5.74) is 2.24. The minimum atomic E-state index is -0.811. The Labute approximate surface area is 127 Å². The Morgan fingerprint density at radius 1 is 1.19 bits per heavy atom. The molecule has 0 amide bonds. The fourth-order valence-electron chi connectivity index (χ4n) is 2.13. The SMILES string of the molecule is Cc1ccc(C(C)C(O)c2nc(-c3cccs3)no2)cc1. The van der Waals surface area contributed by atoms with Crippen LogP contribution in [0.5, 0.6) is 0 Å². The first-order valence-electron chi connectivity index (χ1n) is 6.77. The van der Waals surface area contributed by atoms with E-state index in [2.05, 4.69) is 10.1 Å². The Bertz CT molecular complexity index is 704. The van der Waals surface area contributed by atoms with Gasteiger partial charge in [-0.05, 0) is 23.9 Å². The van der Waals surface area contributed by atoms with Crippen molar-refractivity contribution in [2.45, 2.75) is 25.9 Å². The topological polar surface area (TPSA) is 59.2 Å². The van der Waals surface area contributed by atoms with Gasteiger partial charge in [0.05, 0.1) is 4.88 Å². The van der Waals surface area contributed by atoms with Gasteiger partial charge in [-0.15, -0.1) is 11.3 Å². The fraction of sp³-hybridized carbons (Fsp3) is 0.250. The highest BCUT2D eigenvalue weighted by Gasteiger charge is 2.24. The monoisotopic (exact) mass is 300 g/mol. The van der Waals surface area contributed by atoms with Gasteiger partial charge in [0.1, 0.15) is 6.10 Å². The normalized spacial score (nSPS) is 14.0. The molecule has 2 heterocycles. The van der Waals surface area contributed by atoms with Gasteiger partial charge in [0.25, 0.3) is 5.89 Å². The van der Waals surface area contributed by atoms with Crippen LogP contribution in [-0.2, 0) is 0 Å². The van der Waals surface area contributed by atoms with E-state index in [1.165, 1.54) is 5.56 Å². The van der Waals surface area contributed by atoms with Gasteiger partial charge in [-0.25, -0.2) is 0 Å². The van der Waals surface area contributed by atoms with Gasteiger partial charge in [0.2, 0.25) is 5.82 Å². The summed E-state index contributed by atoms with van der Waals surface area (Å²) in [6.07, 6.45) is -0.811. The summed E-state index contributed by atoms with van der Waals surface area (Å²) >= 11 is 1.54. The number of aryl methyl sites for hydroxylation is 1. The Kier molecular flexibility index (Phi) is 3.86. The fourth-order valence-corrected chi connectivity index (χ4v) is 2.78. The molecular formula is C16H16N2O2S. The van der Waals surface area contributed by atoms with E-state index in [0.717, 1.165) is 10.4 Å². The first kappa shape index (κ1) is 14.0. The lowest BCUT2D eigenvalue weighted by Crippen LogP contribution is -2.08. The largest absolute Gasteiger partial charge is 0.383 e.